The maximum atomic E-state index is 12.0. The first kappa shape index (κ1) is 15.3. The predicted molar refractivity (Wildman–Crippen MR) is 74.4 cm³/mol. The minimum absolute atomic E-state index is 0.275. The molecule has 2 rings (SSSR count). The van der Waals surface area contributed by atoms with Gasteiger partial charge in [0, 0.05) is 31.6 Å². The smallest absolute Gasteiger partial charge is 0.351 e. The van der Waals surface area contributed by atoms with E-state index in [-0.39, 0.29) is 6.61 Å². The molecule has 114 valence electrons. The number of ether oxygens (including phenoxy) is 1. The minimum atomic E-state index is -0.614. The van der Waals surface area contributed by atoms with Crippen molar-refractivity contribution in [3.8, 4) is 0 Å². The standard InChI is InChI=1S/C11H17N7O3/c1-17(2)15-9-3-4-18(11(20)13-9)10-5-7(14-16-12)8(6-19)21-10/h3-4,7-8,10,19H,5-6H2,1-2H3,(H,13,15,20)/t7-,8+,10+/m0/s1. The van der Waals surface area contributed by atoms with Crippen molar-refractivity contribution in [2.75, 3.05) is 26.1 Å². The molecule has 0 unspecified atom stereocenters. The Morgan fingerprint density at radius 3 is 3.05 bits per heavy atom. The highest BCUT2D eigenvalue weighted by molar-refractivity contribution is 5.30. The fourth-order valence-electron chi connectivity index (χ4n) is 2.16. The molecule has 2 N–H and O–H groups in total. The molecule has 1 saturated heterocycles. The summed E-state index contributed by atoms with van der Waals surface area (Å²) < 4.78 is 6.86. The van der Waals surface area contributed by atoms with Gasteiger partial charge in [0.25, 0.3) is 0 Å². The highest BCUT2D eigenvalue weighted by Crippen LogP contribution is 2.29. The Bertz CT molecular complexity index is 596. The molecule has 2 heterocycles. The third-order valence-electron chi connectivity index (χ3n) is 3.06. The van der Waals surface area contributed by atoms with E-state index in [1.807, 2.05) is 0 Å². The number of hydrazine groups is 1. The number of hydrogen-bond donors (Lipinski definition) is 2. The zero-order valence-electron chi connectivity index (χ0n) is 11.7. The Hall–Kier alpha value is -2.13. The first-order valence-electron chi connectivity index (χ1n) is 6.39. The quantitative estimate of drug-likeness (QED) is 0.343. The summed E-state index contributed by atoms with van der Waals surface area (Å²) in [6.07, 6.45) is 0.652. The van der Waals surface area contributed by atoms with Crippen molar-refractivity contribution in [2.24, 2.45) is 5.11 Å². The van der Waals surface area contributed by atoms with E-state index in [0.29, 0.717) is 12.2 Å². The molecular weight excluding hydrogens is 278 g/mol. The molecule has 1 aliphatic heterocycles. The number of nitrogens with one attached hydrogen (secondary N) is 1. The Morgan fingerprint density at radius 2 is 2.48 bits per heavy atom. The van der Waals surface area contributed by atoms with Crippen molar-refractivity contribution in [1.82, 2.24) is 14.6 Å². The molecule has 10 heteroatoms. The number of hydrogen-bond acceptors (Lipinski definition) is 7. The summed E-state index contributed by atoms with van der Waals surface area (Å²) in [5, 5.41) is 14.5. The van der Waals surface area contributed by atoms with Crippen LogP contribution in [0.4, 0.5) is 5.82 Å². The van der Waals surface area contributed by atoms with Crippen LogP contribution in [0.25, 0.3) is 10.4 Å². The number of azide groups is 1. The molecule has 1 fully saturated rings. The van der Waals surface area contributed by atoms with Crippen LogP contribution in [-0.2, 0) is 4.74 Å². The summed E-state index contributed by atoms with van der Waals surface area (Å²) in [7, 11) is 3.56. The van der Waals surface area contributed by atoms with Crippen molar-refractivity contribution in [1.29, 1.82) is 0 Å². The molecule has 0 spiro atoms. The van der Waals surface area contributed by atoms with E-state index in [1.54, 1.807) is 31.4 Å². The van der Waals surface area contributed by atoms with Gasteiger partial charge in [-0.1, -0.05) is 5.11 Å². The first-order chi connectivity index (χ1) is 10.0. The molecule has 1 aliphatic rings. The molecule has 1 aromatic rings. The lowest BCUT2D eigenvalue weighted by atomic mass is 10.1. The average Bonchev–Trinajstić information content (AvgIpc) is 2.81. The van der Waals surface area contributed by atoms with Gasteiger partial charge < -0.3 is 15.3 Å². The van der Waals surface area contributed by atoms with Crippen LogP contribution in [0.1, 0.15) is 12.6 Å². The molecule has 21 heavy (non-hydrogen) atoms. The van der Waals surface area contributed by atoms with Crippen LogP contribution in [-0.4, -0.2) is 52.5 Å². The van der Waals surface area contributed by atoms with Gasteiger partial charge in [0.15, 0.2) is 0 Å². The Morgan fingerprint density at radius 1 is 1.71 bits per heavy atom. The Labute approximate surface area is 120 Å². The molecular formula is C11H17N7O3. The van der Waals surface area contributed by atoms with Crippen molar-refractivity contribution >= 4 is 5.82 Å². The van der Waals surface area contributed by atoms with Crippen LogP contribution in [0.5, 0.6) is 0 Å². The SMILES string of the molecule is CN(C)Nc1ccn([C@H]2C[C@H](N=[N+]=[N-])[C@@H](CO)O2)c(=O)n1. The highest BCUT2D eigenvalue weighted by atomic mass is 16.5. The van der Waals surface area contributed by atoms with Gasteiger partial charge in [0.05, 0.1) is 18.8 Å². The van der Waals surface area contributed by atoms with E-state index in [4.69, 9.17) is 10.3 Å². The summed E-state index contributed by atoms with van der Waals surface area (Å²) in [6.45, 7) is -0.275. The molecule has 0 saturated carbocycles. The highest BCUT2D eigenvalue weighted by Gasteiger charge is 2.35. The fraction of sp³-hybridized carbons (Fsp3) is 0.636. The lowest BCUT2D eigenvalue weighted by Gasteiger charge is -2.16. The molecule has 1 aromatic heterocycles. The van der Waals surface area contributed by atoms with Gasteiger partial charge in [-0.2, -0.15) is 4.98 Å². The number of aromatic nitrogens is 2. The summed E-state index contributed by atoms with van der Waals surface area (Å²) in [5.74, 6) is 0.421. The lowest BCUT2D eigenvalue weighted by molar-refractivity contribution is -0.0270. The van der Waals surface area contributed by atoms with E-state index in [9.17, 15) is 9.90 Å². The second kappa shape index (κ2) is 6.55. The number of aliphatic hydroxyl groups excluding tert-OH is 1. The molecule has 0 aliphatic carbocycles. The van der Waals surface area contributed by atoms with Crippen LogP contribution >= 0.6 is 0 Å². The average molecular weight is 295 g/mol. The summed E-state index contributed by atoms with van der Waals surface area (Å²) in [4.78, 5) is 18.6. The predicted octanol–water partition coefficient (Wildman–Crippen LogP) is 0.0905. The maximum absolute atomic E-state index is 12.0. The van der Waals surface area contributed by atoms with Crippen LogP contribution < -0.4 is 11.1 Å². The Balaban J connectivity index is 2.19. The van der Waals surface area contributed by atoms with Crippen LogP contribution in [0.2, 0.25) is 0 Å². The molecule has 0 amide bonds. The van der Waals surface area contributed by atoms with E-state index in [1.165, 1.54) is 4.57 Å². The Kier molecular flexibility index (Phi) is 4.76. The lowest BCUT2D eigenvalue weighted by Crippen LogP contribution is -2.29. The normalized spacial score (nSPS) is 24.9. The topological polar surface area (TPSA) is 128 Å². The van der Waals surface area contributed by atoms with Crippen LogP contribution in [0, 0.1) is 0 Å². The molecule has 0 bridgehead atoms. The van der Waals surface area contributed by atoms with E-state index < -0.39 is 24.1 Å². The van der Waals surface area contributed by atoms with Crippen molar-refractivity contribution in [2.45, 2.75) is 24.8 Å². The van der Waals surface area contributed by atoms with Gasteiger partial charge in [0.2, 0.25) is 0 Å². The van der Waals surface area contributed by atoms with Gasteiger partial charge in [-0.05, 0) is 11.6 Å². The van der Waals surface area contributed by atoms with Gasteiger partial charge in [0.1, 0.15) is 12.0 Å². The largest absolute Gasteiger partial charge is 0.394 e. The summed E-state index contributed by atoms with van der Waals surface area (Å²) >= 11 is 0. The molecule has 3 atom stereocenters. The van der Waals surface area contributed by atoms with Gasteiger partial charge >= 0.3 is 5.69 Å². The van der Waals surface area contributed by atoms with E-state index in [0.717, 1.165) is 0 Å². The summed E-state index contributed by atoms with van der Waals surface area (Å²) in [6, 6.07) is 1.14. The zero-order valence-corrected chi connectivity index (χ0v) is 11.7. The van der Waals surface area contributed by atoms with Crippen molar-refractivity contribution < 1.29 is 9.84 Å². The zero-order chi connectivity index (χ0) is 15.4. The molecule has 10 nitrogen and oxygen atoms in total. The van der Waals surface area contributed by atoms with Gasteiger partial charge in [-0.3, -0.25) is 4.57 Å². The van der Waals surface area contributed by atoms with Crippen LogP contribution in [0.3, 0.4) is 0 Å². The maximum Gasteiger partial charge on any atom is 0.351 e. The third-order valence-corrected chi connectivity index (χ3v) is 3.06. The number of anilines is 1. The monoisotopic (exact) mass is 295 g/mol. The second-order valence-electron chi connectivity index (χ2n) is 4.83. The number of nitrogens with zero attached hydrogens (tertiary/aromatic N) is 6. The summed E-state index contributed by atoms with van der Waals surface area (Å²) in [5.41, 5.74) is 10.9. The number of rotatable bonds is 5. The number of aliphatic hydroxyl groups is 1. The van der Waals surface area contributed by atoms with Crippen LogP contribution in [0.15, 0.2) is 22.2 Å². The first-order valence-corrected chi connectivity index (χ1v) is 6.39. The molecule has 0 aromatic carbocycles. The van der Waals surface area contributed by atoms with Crippen molar-refractivity contribution in [3.63, 3.8) is 0 Å². The minimum Gasteiger partial charge on any atom is -0.394 e. The fourth-order valence-corrected chi connectivity index (χ4v) is 2.16. The van der Waals surface area contributed by atoms with Crippen molar-refractivity contribution in [3.05, 3.63) is 33.2 Å². The third kappa shape index (κ3) is 3.50. The van der Waals surface area contributed by atoms with Gasteiger partial charge in [-0.15, -0.1) is 0 Å². The second-order valence-corrected chi connectivity index (χ2v) is 4.83. The van der Waals surface area contributed by atoms with E-state index >= 15 is 0 Å². The molecule has 0 radical (unpaired) electrons. The van der Waals surface area contributed by atoms with E-state index in [2.05, 4.69) is 20.4 Å². The van der Waals surface area contributed by atoms with Gasteiger partial charge in [-0.25, -0.2) is 9.80 Å².